The van der Waals surface area contributed by atoms with Crippen molar-refractivity contribution in [1.29, 1.82) is 0 Å². The molecule has 4 nitrogen and oxygen atoms in total. The van der Waals surface area contributed by atoms with Crippen molar-refractivity contribution in [3.63, 3.8) is 0 Å². The maximum atomic E-state index is 12.9. The molecule has 116 valence electrons. The molecule has 21 heavy (non-hydrogen) atoms. The lowest BCUT2D eigenvalue weighted by Crippen LogP contribution is -2.48. The Morgan fingerprint density at radius 2 is 1.71 bits per heavy atom. The van der Waals surface area contributed by atoms with Gasteiger partial charge in [-0.2, -0.15) is 13.2 Å². The quantitative estimate of drug-likeness (QED) is 0.516. The lowest BCUT2D eigenvalue weighted by molar-refractivity contribution is -0.182. The number of halogens is 4. The summed E-state index contributed by atoms with van der Waals surface area (Å²) in [5.74, 6) is -4.32. The normalized spacial score (nSPS) is 14.3. The van der Waals surface area contributed by atoms with E-state index in [1.54, 1.807) is 0 Å². The minimum absolute atomic E-state index is 0.285. The Kier molecular flexibility index (Phi) is 4.93. The van der Waals surface area contributed by atoms with Gasteiger partial charge in [0.15, 0.2) is 5.41 Å². The van der Waals surface area contributed by atoms with Crippen molar-refractivity contribution in [3.8, 4) is 0 Å². The second-order valence-electron chi connectivity index (χ2n) is 4.23. The molecule has 1 aromatic rings. The Balaban J connectivity index is 3.47. The number of benzene rings is 1. The van der Waals surface area contributed by atoms with Crippen LogP contribution in [-0.4, -0.2) is 29.8 Å². The second-order valence-corrected chi connectivity index (χ2v) is 4.23. The Bertz CT molecular complexity index is 524. The summed E-state index contributed by atoms with van der Waals surface area (Å²) in [5, 5.41) is 9.21. The van der Waals surface area contributed by atoms with Crippen LogP contribution < -0.4 is 0 Å². The fourth-order valence-electron chi connectivity index (χ4n) is 1.87. The van der Waals surface area contributed by atoms with Crippen LogP contribution in [0.3, 0.4) is 0 Å². The van der Waals surface area contributed by atoms with E-state index in [4.69, 9.17) is 0 Å². The van der Waals surface area contributed by atoms with E-state index in [0.29, 0.717) is 0 Å². The van der Waals surface area contributed by atoms with Gasteiger partial charge in [0.05, 0.1) is 13.0 Å². The molecule has 1 rings (SSSR count). The highest BCUT2D eigenvalue weighted by Gasteiger charge is 2.56. The fraction of sp³-hybridized carbons (Fsp3) is 0.385. The van der Waals surface area contributed by atoms with E-state index >= 15 is 0 Å². The number of hydrogen-bond acceptors (Lipinski definition) is 3. The van der Waals surface area contributed by atoms with Crippen molar-refractivity contribution < 1.29 is 37.0 Å². The molecule has 0 aliphatic carbocycles. The van der Waals surface area contributed by atoms with E-state index in [9.17, 15) is 32.3 Å². The van der Waals surface area contributed by atoms with E-state index < -0.39 is 41.3 Å². The van der Waals surface area contributed by atoms with Gasteiger partial charge in [-0.05, 0) is 24.6 Å². The average Bonchev–Trinajstić information content (AvgIpc) is 2.35. The highest BCUT2D eigenvalue weighted by Crippen LogP contribution is 2.38. The number of hydrogen-bond donors (Lipinski definition) is 1. The predicted octanol–water partition coefficient (Wildman–Crippen LogP) is 2.66. The predicted molar refractivity (Wildman–Crippen MR) is 63.0 cm³/mol. The Morgan fingerprint density at radius 3 is 2.10 bits per heavy atom. The number of carbonyl (C=O) groups excluding carboxylic acids is 1. The number of aliphatic carboxylic acids is 1. The summed E-state index contributed by atoms with van der Waals surface area (Å²) in [6.07, 6.45) is -6.88. The summed E-state index contributed by atoms with van der Waals surface area (Å²) >= 11 is 0. The van der Waals surface area contributed by atoms with E-state index in [1.165, 1.54) is 6.92 Å². The third kappa shape index (κ3) is 3.71. The van der Waals surface area contributed by atoms with Gasteiger partial charge >= 0.3 is 18.1 Å². The summed E-state index contributed by atoms with van der Waals surface area (Å²) in [6, 6.07) is 3.21. The Labute approximate surface area is 117 Å². The van der Waals surface area contributed by atoms with Crippen LogP contribution in [0.25, 0.3) is 0 Å². The van der Waals surface area contributed by atoms with E-state index in [0.717, 1.165) is 24.3 Å². The number of rotatable bonds is 5. The maximum Gasteiger partial charge on any atom is 0.391 e. The molecule has 1 N–H and O–H groups in total. The summed E-state index contributed by atoms with van der Waals surface area (Å²) in [5.41, 5.74) is -3.45. The molecule has 1 unspecified atom stereocenters. The molecule has 1 aromatic carbocycles. The first kappa shape index (κ1) is 16.9. The summed E-state index contributed by atoms with van der Waals surface area (Å²) in [4.78, 5) is 23.3. The van der Waals surface area contributed by atoms with Crippen LogP contribution >= 0.6 is 0 Å². The molecule has 0 heterocycles. The maximum absolute atomic E-state index is 12.9. The smallest absolute Gasteiger partial charge is 0.391 e. The van der Waals surface area contributed by atoms with Crippen LogP contribution in [0.5, 0.6) is 0 Å². The van der Waals surface area contributed by atoms with Gasteiger partial charge in [0, 0.05) is 0 Å². The van der Waals surface area contributed by atoms with Crippen molar-refractivity contribution in [1.82, 2.24) is 0 Å². The lowest BCUT2D eigenvalue weighted by atomic mass is 9.77. The van der Waals surface area contributed by atoms with Gasteiger partial charge in [0.25, 0.3) is 0 Å². The Morgan fingerprint density at radius 1 is 1.19 bits per heavy atom. The second kappa shape index (κ2) is 6.11. The largest absolute Gasteiger partial charge is 0.480 e. The molecule has 0 fully saturated rings. The molecule has 0 saturated heterocycles. The fourth-order valence-corrected chi connectivity index (χ4v) is 1.87. The lowest BCUT2D eigenvalue weighted by Gasteiger charge is -2.28. The summed E-state index contributed by atoms with van der Waals surface area (Å²) < 4.78 is 55.6. The number of ether oxygens (including phenoxy) is 1. The topological polar surface area (TPSA) is 63.6 Å². The minimum Gasteiger partial charge on any atom is -0.480 e. The molecule has 0 aliphatic rings. The number of carboxylic acids is 1. The van der Waals surface area contributed by atoms with Gasteiger partial charge in [-0.25, -0.2) is 4.39 Å². The number of esters is 1. The SMILES string of the molecule is CCOC(=O)C(CC(F)(F)F)(C(=O)O)c1ccc(F)cc1. The molecule has 8 heteroatoms. The van der Waals surface area contributed by atoms with Crippen LogP contribution in [0.1, 0.15) is 18.9 Å². The van der Waals surface area contributed by atoms with Gasteiger partial charge in [-0.15, -0.1) is 0 Å². The van der Waals surface area contributed by atoms with Crippen LogP contribution in [0.15, 0.2) is 24.3 Å². The van der Waals surface area contributed by atoms with E-state index in [1.807, 2.05) is 0 Å². The van der Waals surface area contributed by atoms with Crippen LogP contribution in [0, 0.1) is 5.82 Å². The Hall–Kier alpha value is -2.12. The van der Waals surface area contributed by atoms with Gasteiger partial charge < -0.3 is 9.84 Å². The number of alkyl halides is 3. The average molecular weight is 308 g/mol. The molecule has 0 aliphatic heterocycles. The highest BCUT2D eigenvalue weighted by atomic mass is 19.4. The van der Waals surface area contributed by atoms with E-state index in [2.05, 4.69) is 4.74 Å². The standard InChI is InChI=1S/C13H12F4O4/c1-2-21-11(20)12(10(18)19,7-13(15,16)17)8-3-5-9(14)6-4-8/h3-6H,2,7H2,1H3,(H,18,19). The molecule has 0 bridgehead atoms. The van der Waals surface area contributed by atoms with Gasteiger partial charge in [0.2, 0.25) is 0 Å². The zero-order valence-electron chi connectivity index (χ0n) is 10.9. The third-order valence-corrected chi connectivity index (χ3v) is 2.79. The minimum atomic E-state index is -4.93. The first-order chi connectivity index (χ1) is 9.63. The number of carboxylic acid groups (broad SMARTS) is 1. The first-order valence-corrected chi connectivity index (χ1v) is 5.87. The molecular weight excluding hydrogens is 296 g/mol. The zero-order chi connectivity index (χ0) is 16.3. The summed E-state index contributed by atoms with van der Waals surface area (Å²) in [7, 11) is 0. The van der Waals surface area contributed by atoms with Gasteiger partial charge in [0.1, 0.15) is 5.82 Å². The third-order valence-electron chi connectivity index (χ3n) is 2.79. The highest BCUT2D eigenvalue weighted by molar-refractivity contribution is 6.05. The molecule has 1 atom stereocenters. The number of carbonyl (C=O) groups is 2. The monoisotopic (exact) mass is 308 g/mol. The first-order valence-electron chi connectivity index (χ1n) is 5.87. The van der Waals surface area contributed by atoms with Crippen LogP contribution in [0.4, 0.5) is 17.6 Å². The van der Waals surface area contributed by atoms with Gasteiger partial charge in [-0.3, -0.25) is 9.59 Å². The van der Waals surface area contributed by atoms with Crippen molar-refractivity contribution in [2.75, 3.05) is 6.61 Å². The molecular formula is C13H12F4O4. The molecule has 0 radical (unpaired) electrons. The van der Waals surface area contributed by atoms with Crippen molar-refractivity contribution in [2.24, 2.45) is 0 Å². The molecule has 0 aromatic heterocycles. The molecule has 0 amide bonds. The summed E-state index contributed by atoms with van der Waals surface area (Å²) in [6.45, 7) is 1.05. The van der Waals surface area contributed by atoms with Crippen LogP contribution in [0.2, 0.25) is 0 Å². The van der Waals surface area contributed by atoms with Crippen molar-refractivity contribution in [3.05, 3.63) is 35.6 Å². The van der Waals surface area contributed by atoms with E-state index in [-0.39, 0.29) is 6.61 Å². The zero-order valence-corrected chi connectivity index (χ0v) is 10.9. The van der Waals surface area contributed by atoms with Crippen molar-refractivity contribution in [2.45, 2.75) is 24.9 Å². The van der Waals surface area contributed by atoms with Crippen molar-refractivity contribution >= 4 is 11.9 Å². The van der Waals surface area contributed by atoms with Gasteiger partial charge in [-0.1, -0.05) is 12.1 Å². The van der Waals surface area contributed by atoms with Crippen LogP contribution in [-0.2, 0) is 19.7 Å². The molecule has 0 spiro atoms. The molecule has 0 saturated carbocycles.